The van der Waals surface area contributed by atoms with Gasteiger partial charge in [0.1, 0.15) is 11.8 Å². The first-order valence-corrected chi connectivity index (χ1v) is 8.25. The van der Waals surface area contributed by atoms with Crippen molar-refractivity contribution in [2.75, 3.05) is 6.54 Å². The minimum absolute atomic E-state index is 0.0283. The molecule has 1 aromatic carbocycles. The lowest BCUT2D eigenvalue weighted by Gasteiger charge is -2.32. The SMILES string of the molecule is Cc1cc(C)c(C(=O)NC2CCCN(Cc3ccccc3)C2=O)o1. The molecule has 2 amide bonds. The van der Waals surface area contributed by atoms with Gasteiger partial charge in [-0.2, -0.15) is 0 Å². The average molecular weight is 326 g/mol. The molecular formula is C19H22N2O3. The molecular weight excluding hydrogens is 304 g/mol. The number of piperidine rings is 1. The fourth-order valence-corrected chi connectivity index (χ4v) is 3.13. The van der Waals surface area contributed by atoms with Crippen LogP contribution in [0.3, 0.4) is 0 Å². The van der Waals surface area contributed by atoms with Crippen LogP contribution in [0.15, 0.2) is 40.8 Å². The third-order valence-electron chi connectivity index (χ3n) is 4.30. The van der Waals surface area contributed by atoms with Gasteiger partial charge in [-0.15, -0.1) is 0 Å². The molecule has 1 fully saturated rings. The van der Waals surface area contributed by atoms with Crippen molar-refractivity contribution in [2.24, 2.45) is 0 Å². The molecule has 126 valence electrons. The Hall–Kier alpha value is -2.56. The van der Waals surface area contributed by atoms with Gasteiger partial charge in [0.15, 0.2) is 5.76 Å². The summed E-state index contributed by atoms with van der Waals surface area (Å²) in [4.78, 5) is 26.9. The lowest BCUT2D eigenvalue weighted by Crippen LogP contribution is -2.51. The molecule has 1 unspecified atom stereocenters. The zero-order chi connectivity index (χ0) is 17.1. The molecule has 0 radical (unpaired) electrons. The van der Waals surface area contributed by atoms with Gasteiger partial charge in [-0.25, -0.2) is 0 Å². The van der Waals surface area contributed by atoms with Gasteiger partial charge in [0, 0.05) is 18.7 Å². The fraction of sp³-hybridized carbons (Fsp3) is 0.368. The molecule has 1 saturated heterocycles. The number of hydrogen-bond acceptors (Lipinski definition) is 3. The van der Waals surface area contributed by atoms with Crippen LogP contribution in [-0.2, 0) is 11.3 Å². The second-order valence-corrected chi connectivity index (χ2v) is 6.28. The highest BCUT2D eigenvalue weighted by atomic mass is 16.3. The van der Waals surface area contributed by atoms with E-state index in [1.807, 2.05) is 48.2 Å². The van der Waals surface area contributed by atoms with Gasteiger partial charge in [-0.1, -0.05) is 30.3 Å². The molecule has 1 aromatic heterocycles. The first kappa shape index (κ1) is 16.3. The van der Waals surface area contributed by atoms with E-state index in [1.54, 1.807) is 6.92 Å². The second kappa shape index (κ2) is 6.91. The van der Waals surface area contributed by atoms with Crippen LogP contribution in [0.2, 0.25) is 0 Å². The maximum Gasteiger partial charge on any atom is 0.287 e. The van der Waals surface area contributed by atoms with E-state index in [0.29, 0.717) is 24.5 Å². The first-order chi connectivity index (χ1) is 11.5. The van der Waals surface area contributed by atoms with Crippen LogP contribution in [0.4, 0.5) is 0 Å². The highest BCUT2D eigenvalue weighted by molar-refractivity contribution is 5.96. The van der Waals surface area contributed by atoms with Crippen molar-refractivity contribution in [3.63, 3.8) is 0 Å². The number of furan rings is 1. The zero-order valence-electron chi connectivity index (χ0n) is 14.0. The summed E-state index contributed by atoms with van der Waals surface area (Å²) in [5, 5.41) is 2.83. The van der Waals surface area contributed by atoms with Crippen molar-refractivity contribution in [2.45, 2.75) is 39.3 Å². The van der Waals surface area contributed by atoms with Crippen molar-refractivity contribution in [3.05, 3.63) is 59.0 Å². The van der Waals surface area contributed by atoms with Crippen LogP contribution in [0.25, 0.3) is 0 Å². The van der Waals surface area contributed by atoms with E-state index < -0.39 is 6.04 Å². The van der Waals surface area contributed by atoms with Crippen molar-refractivity contribution >= 4 is 11.8 Å². The van der Waals surface area contributed by atoms with E-state index in [9.17, 15) is 9.59 Å². The Morgan fingerprint density at radius 2 is 2.04 bits per heavy atom. The van der Waals surface area contributed by atoms with Crippen LogP contribution < -0.4 is 5.32 Å². The van der Waals surface area contributed by atoms with Crippen LogP contribution in [0.5, 0.6) is 0 Å². The third-order valence-corrected chi connectivity index (χ3v) is 4.30. The Morgan fingerprint density at radius 1 is 1.29 bits per heavy atom. The van der Waals surface area contributed by atoms with E-state index in [0.717, 1.165) is 24.1 Å². The van der Waals surface area contributed by atoms with Gasteiger partial charge in [0.2, 0.25) is 5.91 Å². The number of hydrogen-bond donors (Lipinski definition) is 1. The fourth-order valence-electron chi connectivity index (χ4n) is 3.13. The highest BCUT2D eigenvalue weighted by Crippen LogP contribution is 2.18. The molecule has 2 heterocycles. The molecule has 1 N–H and O–H groups in total. The minimum Gasteiger partial charge on any atom is -0.456 e. The maximum atomic E-state index is 12.7. The molecule has 0 bridgehead atoms. The highest BCUT2D eigenvalue weighted by Gasteiger charge is 2.31. The molecule has 0 spiro atoms. The number of nitrogens with zero attached hydrogens (tertiary/aromatic N) is 1. The van der Waals surface area contributed by atoms with Crippen molar-refractivity contribution in [3.8, 4) is 0 Å². The molecule has 1 aliphatic rings. The lowest BCUT2D eigenvalue weighted by molar-refractivity contribution is -0.136. The first-order valence-electron chi connectivity index (χ1n) is 8.25. The van der Waals surface area contributed by atoms with E-state index in [2.05, 4.69) is 5.32 Å². The molecule has 5 heteroatoms. The number of carbonyl (C=O) groups is 2. The predicted molar refractivity (Wildman–Crippen MR) is 90.5 cm³/mol. The average Bonchev–Trinajstić information content (AvgIpc) is 2.91. The van der Waals surface area contributed by atoms with Crippen LogP contribution >= 0.6 is 0 Å². The van der Waals surface area contributed by atoms with Crippen LogP contribution in [0, 0.1) is 13.8 Å². The molecule has 3 rings (SSSR count). The molecule has 2 aromatic rings. The summed E-state index contributed by atoms with van der Waals surface area (Å²) in [6.07, 6.45) is 1.54. The van der Waals surface area contributed by atoms with E-state index in [-0.39, 0.29) is 11.8 Å². The predicted octanol–water partition coefficient (Wildman–Crippen LogP) is 2.82. The van der Waals surface area contributed by atoms with Gasteiger partial charge in [-0.3, -0.25) is 9.59 Å². The molecule has 0 saturated carbocycles. The Labute approximate surface area is 141 Å². The molecule has 0 aliphatic carbocycles. The van der Waals surface area contributed by atoms with Gasteiger partial charge in [0.25, 0.3) is 5.91 Å². The number of amides is 2. The molecule has 24 heavy (non-hydrogen) atoms. The van der Waals surface area contributed by atoms with E-state index in [4.69, 9.17) is 4.42 Å². The van der Waals surface area contributed by atoms with Crippen LogP contribution in [0.1, 0.15) is 40.3 Å². The van der Waals surface area contributed by atoms with E-state index >= 15 is 0 Å². The van der Waals surface area contributed by atoms with Crippen molar-refractivity contribution in [1.29, 1.82) is 0 Å². The quantitative estimate of drug-likeness (QED) is 0.940. The van der Waals surface area contributed by atoms with Gasteiger partial charge in [-0.05, 0) is 38.3 Å². The number of likely N-dealkylation sites (tertiary alicyclic amines) is 1. The number of nitrogens with one attached hydrogen (secondary N) is 1. The smallest absolute Gasteiger partial charge is 0.287 e. The largest absolute Gasteiger partial charge is 0.456 e. The second-order valence-electron chi connectivity index (χ2n) is 6.28. The summed E-state index contributed by atoms with van der Waals surface area (Å²) in [5.41, 5.74) is 1.88. The van der Waals surface area contributed by atoms with Crippen molar-refractivity contribution < 1.29 is 14.0 Å². The third kappa shape index (κ3) is 3.50. The summed E-state index contributed by atoms with van der Waals surface area (Å²) in [5.74, 6) is 0.638. The maximum absolute atomic E-state index is 12.7. The van der Waals surface area contributed by atoms with Crippen LogP contribution in [-0.4, -0.2) is 29.3 Å². The Balaban J connectivity index is 1.66. The van der Waals surface area contributed by atoms with E-state index in [1.165, 1.54) is 0 Å². The van der Waals surface area contributed by atoms with Gasteiger partial charge >= 0.3 is 0 Å². The topological polar surface area (TPSA) is 62.6 Å². The van der Waals surface area contributed by atoms with Gasteiger partial charge < -0.3 is 14.6 Å². The Bertz CT molecular complexity index is 736. The van der Waals surface area contributed by atoms with Gasteiger partial charge in [0.05, 0.1) is 0 Å². The number of rotatable bonds is 4. The summed E-state index contributed by atoms with van der Waals surface area (Å²) >= 11 is 0. The normalized spacial score (nSPS) is 17.8. The monoisotopic (exact) mass is 326 g/mol. The summed E-state index contributed by atoms with van der Waals surface area (Å²) < 4.78 is 5.44. The summed E-state index contributed by atoms with van der Waals surface area (Å²) in [7, 11) is 0. The molecule has 5 nitrogen and oxygen atoms in total. The molecule has 1 aliphatic heterocycles. The standard InChI is InChI=1S/C19H22N2O3/c1-13-11-14(2)24-17(13)18(22)20-16-9-6-10-21(19(16)23)12-15-7-4-3-5-8-15/h3-5,7-8,11,16H,6,9-10,12H2,1-2H3,(H,20,22). The number of carbonyl (C=O) groups excluding carboxylic acids is 2. The number of aryl methyl sites for hydroxylation is 2. The number of benzene rings is 1. The Kier molecular flexibility index (Phi) is 4.69. The molecule has 1 atom stereocenters. The van der Waals surface area contributed by atoms with Crippen molar-refractivity contribution in [1.82, 2.24) is 10.2 Å². The summed E-state index contributed by atoms with van der Waals surface area (Å²) in [6, 6.07) is 11.2. The Morgan fingerprint density at radius 3 is 2.71 bits per heavy atom. The lowest BCUT2D eigenvalue weighted by atomic mass is 10.0. The zero-order valence-corrected chi connectivity index (χ0v) is 14.0. The summed E-state index contributed by atoms with van der Waals surface area (Å²) in [6.45, 7) is 4.93. The minimum atomic E-state index is -0.486.